The van der Waals surface area contributed by atoms with Crippen LogP contribution in [0.1, 0.15) is 27.0 Å². The number of carboxylic acids is 1. The third-order valence-corrected chi connectivity index (χ3v) is 5.79. The van der Waals surface area contributed by atoms with Gasteiger partial charge >= 0.3 is 5.97 Å². The van der Waals surface area contributed by atoms with Crippen LogP contribution < -0.4 is 14.8 Å². The number of amides is 1. The van der Waals surface area contributed by atoms with E-state index in [2.05, 4.69) is 5.32 Å². The number of hydrogen-bond acceptors (Lipinski definition) is 4. The van der Waals surface area contributed by atoms with Crippen LogP contribution in [0.2, 0.25) is 0 Å². The minimum atomic E-state index is -1.10. The summed E-state index contributed by atoms with van der Waals surface area (Å²) >= 11 is 0. The lowest BCUT2D eigenvalue weighted by Crippen LogP contribution is -2.42. The minimum Gasteiger partial charge on any atom is -0.490 e. The first-order chi connectivity index (χ1) is 18.6. The zero-order valence-electron chi connectivity index (χ0n) is 20.8. The summed E-state index contributed by atoms with van der Waals surface area (Å²) in [5, 5.41) is 12.3. The highest BCUT2D eigenvalue weighted by Crippen LogP contribution is 2.16. The Balaban J connectivity index is 1.27. The van der Waals surface area contributed by atoms with Crippen LogP contribution in [0.4, 0.5) is 0 Å². The first-order valence-corrected chi connectivity index (χ1v) is 12.3. The number of nitrogens with one attached hydrogen (secondary N) is 1. The lowest BCUT2D eigenvalue weighted by molar-refractivity contribution is -0.139. The van der Waals surface area contributed by atoms with E-state index in [0.717, 1.165) is 16.7 Å². The zero-order valence-corrected chi connectivity index (χ0v) is 20.8. The van der Waals surface area contributed by atoms with Gasteiger partial charge in [-0.15, -0.1) is 0 Å². The Morgan fingerprint density at radius 2 is 1.34 bits per heavy atom. The van der Waals surface area contributed by atoms with Gasteiger partial charge in [0, 0.05) is 12.0 Å². The van der Waals surface area contributed by atoms with Gasteiger partial charge in [0.1, 0.15) is 30.8 Å². The first kappa shape index (κ1) is 26.2. The molecule has 0 radical (unpaired) electrons. The SMILES string of the molecule is O=C(N[C@@H](Cc1ccc(OCc2ccccc2)cc1)C(=O)O)c1ccc(OCC=Cc2ccccc2)cc1. The van der Waals surface area contributed by atoms with Crippen molar-refractivity contribution in [2.75, 3.05) is 6.61 Å². The molecule has 0 aliphatic carbocycles. The predicted octanol–water partition coefficient (Wildman–Crippen LogP) is 5.78. The van der Waals surface area contributed by atoms with Crippen LogP contribution in [-0.2, 0) is 17.8 Å². The molecule has 4 aromatic rings. The van der Waals surface area contributed by atoms with Gasteiger partial charge in [0.15, 0.2) is 0 Å². The molecule has 0 unspecified atom stereocenters. The van der Waals surface area contributed by atoms with Crippen molar-refractivity contribution in [1.29, 1.82) is 0 Å². The fourth-order valence-electron chi connectivity index (χ4n) is 3.74. The molecule has 1 atom stereocenters. The van der Waals surface area contributed by atoms with E-state index in [1.807, 2.05) is 72.8 Å². The van der Waals surface area contributed by atoms with E-state index in [0.29, 0.717) is 30.3 Å². The van der Waals surface area contributed by atoms with Crippen LogP contribution in [0.25, 0.3) is 6.08 Å². The number of aliphatic carboxylic acids is 1. The number of carbonyl (C=O) groups is 2. The molecule has 6 heteroatoms. The number of hydrogen-bond donors (Lipinski definition) is 2. The van der Waals surface area contributed by atoms with Gasteiger partial charge in [0.05, 0.1) is 0 Å². The smallest absolute Gasteiger partial charge is 0.326 e. The molecule has 1 amide bonds. The summed E-state index contributed by atoms with van der Waals surface area (Å²) in [7, 11) is 0. The van der Waals surface area contributed by atoms with Gasteiger partial charge in [-0.05, 0) is 59.2 Å². The molecule has 0 heterocycles. The van der Waals surface area contributed by atoms with Crippen molar-refractivity contribution < 1.29 is 24.2 Å². The Labute approximate surface area is 222 Å². The third-order valence-electron chi connectivity index (χ3n) is 5.79. The van der Waals surface area contributed by atoms with Crippen LogP contribution in [0, 0.1) is 0 Å². The van der Waals surface area contributed by atoms with Gasteiger partial charge in [-0.1, -0.05) is 78.9 Å². The van der Waals surface area contributed by atoms with Crippen LogP contribution in [-0.4, -0.2) is 29.6 Å². The van der Waals surface area contributed by atoms with E-state index in [4.69, 9.17) is 9.47 Å². The van der Waals surface area contributed by atoms with Crippen molar-refractivity contribution >= 4 is 18.0 Å². The molecular weight excluding hydrogens is 478 g/mol. The molecular formula is C32H29NO5. The maximum atomic E-state index is 12.7. The van der Waals surface area contributed by atoms with E-state index in [1.165, 1.54) is 0 Å². The highest BCUT2D eigenvalue weighted by atomic mass is 16.5. The fourth-order valence-corrected chi connectivity index (χ4v) is 3.74. The lowest BCUT2D eigenvalue weighted by Gasteiger charge is -2.15. The highest BCUT2D eigenvalue weighted by molar-refractivity contribution is 5.96. The van der Waals surface area contributed by atoms with Gasteiger partial charge < -0.3 is 19.9 Å². The molecule has 4 aromatic carbocycles. The summed E-state index contributed by atoms with van der Waals surface area (Å²) in [5.41, 5.74) is 3.28. The lowest BCUT2D eigenvalue weighted by atomic mass is 10.1. The second kappa shape index (κ2) is 13.5. The molecule has 0 aliphatic heterocycles. The molecule has 0 aromatic heterocycles. The van der Waals surface area contributed by atoms with Gasteiger partial charge in [-0.2, -0.15) is 0 Å². The average molecular weight is 508 g/mol. The molecule has 4 rings (SSSR count). The second-order valence-electron chi connectivity index (χ2n) is 8.64. The van der Waals surface area contributed by atoms with Gasteiger partial charge in [0.2, 0.25) is 0 Å². The van der Waals surface area contributed by atoms with Gasteiger partial charge in [-0.25, -0.2) is 4.79 Å². The summed E-state index contributed by atoms with van der Waals surface area (Å²) in [4.78, 5) is 24.5. The molecule has 0 fully saturated rings. The number of rotatable bonds is 12. The number of benzene rings is 4. The van der Waals surface area contributed by atoms with Crippen molar-refractivity contribution in [3.63, 3.8) is 0 Å². The third kappa shape index (κ3) is 8.10. The van der Waals surface area contributed by atoms with Crippen molar-refractivity contribution in [2.24, 2.45) is 0 Å². The van der Waals surface area contributed by atoms with Crippen molar-refractivity contribution in [3.05, 3.63) is 138 Å². The van der Waals surface area contributed by atoms with E-state index < -0.39 is 17.9 Å². The monoisotopic (exact) mass is 507 g/mol. The molecule has 38 heavy (non-hydrogen) atoms. The topological polar surface area (TPSA) is 84.9 Å². The average Bonchev–Trinajstić information content (AvgIpc) is 2.96. The molecule has 0 aliphatic rings. The Morgan fingerprint density at radius 1 is 0.737 bits per heavy atom. The Hall–Kier alpha value is -4.84. The molecule has 192 valence electrons. The van der Waals surface area contributed by atoms with E-state index >= 15 is 0 Å². The van der Waals surface area contributed by atoms with E-state index in [1.54, 1.807) is 48.5 Å². The van der Waals surface area contributed by atoms with Crippen molar-refractivity contribution in [2.45, 2.75) is 19.1 Å². The van der Waals surface area contributed by atoms with Crippen LogP contribution in [0.3, 0.4) is 0 Å². The summed E-state index contributed by atoms with van der Waals surface area (Å²) < 4.78 is 11.5. The van der Waals surface area contributed by atoms with Crippen LogP contribution >= 0.6 is 0 Å². The number of carbonyl (C=O) groups excluding carboxylic acids is 1. The molecule has 0 saturated carbocycles. The summed E-state index contributed by atoms with van der Waals surface area (Å²) in [6.07, 6.45) is 4.03. The van der Waals surface area contributed by atoms with E-state index in [9.17, 15) is 14.7 Å². The quantitative estimate of drug-likeness (QED) is 0.254. The Morgan fingerprint density at radius 3 is 2.00 bits per heavy atom. The maximum Gasteiger partial charge on any atom is 0.326 e. The normalized spacial score (nSPS) is 11.6. The molecule has 0 spiro atoms. The summed E-state index contributed by atoms with van der Waals surface area (Å²) in [6.45, 7) is 0.833. The van der Waals surface area contributed by atoms with Gasteiger partial charge in [0.25, 0.3) is 5.91 Å². The van der Waals surface area contributed by atoms with Crippen LogP contribution in [0.5, 0.6) is 11.5 Å². The maximum absolute atomic E-state index is 12.7. The Kier molecular flexibility index (Phi) is 9.29. The molecule has 2 N–H and O–H groups in total. The minimum absolute atomic E-state index is 0.148. The van der Waals surface area contributed by atoms with Crippen molar-refractivity contribution in [1.82, 2.24) is 5.32 Å². The van der Waals surface area contributed by atoms with Gasteiger partial charge in [-0.3, -0.25) is 4.79 Å². The molecule has 0 bridgehead atoms. The van der Waals surface area contributed by atoms with Crippen molar-refractivity contribution in [3.8, 4) is 11.5 Å². The Bertz CT molecular complexity index is 1330. The fraction of sp³-hybridized carbons (Fsp3) is 0.125. The summed E-state index contributed by atoms with van der Waals surface area (Å²) in [6, 6.07) is 32.5. The zero-order chi connectivity index (χ0) is 26.6. The number of carboxylic acid groups (broad SMARTS) is 1. The second-order valence-corrected chi connectivity index (χ2v) is 8.64. The largest absolute Gasteiger partial charge is 0.490 e. The molecule has 0 saturated heterocycles. The van der Waals surface area contributed by atoms with E-state index in [-0.39, 0.29) is 6.42 Å². The number of ether oxygens (including phenoxy) is 2. The predicted molar refractivity (Wildman–Crippen MR) is 147 cm³/mol. The van der Waals surface area contributed by atoms with Crippen LogP contribution in [0.15, 0.2) is 115 Å². The standard InChI is InChI=1S/C32H29NO5/c34-31(27-15-19-28(20-16-27)37-21-7-12-24-8-3-1-4-9-24)33-30(32(35)36)22-25-13-17-29(18-14-25)38-23-26-10-5-2-6-11-26/h1-20,30H,21-23H2,(H,33,34)(H,35,36)/t30-/m0/s1. The highest BCUT2D eigenvalue weighted by Gasteiger charge is 2.21. The first-order valence-electron chi connectivity index (χ1n) is 12.3. The molecule has 6 nitrogen and oxygen atoms in total. The summed E-state index contributed by atoms with van der Waals surface area (Å²) in [5.74, 6) is -0.265.